The molecule has 2 rings (SSSR count). The van der Waals surface area contributed by atoms with E-state index in [1.807, 2.05) is 52.1 Å². The maximum atomic E-state index is 12.3. The minimum Gasteiger partial charge on any atom is -0.344 e. The van der Waals surface area contributed by atoms with Crippen molar-refractivity contribution < 1.29 is 4.79 Å². The number of halogens is 1. The standard InChI is InChI=1S/C15H18BrN3O/c1-9-5-7-12(8-6-9)10(2)17-15(20)14-13(16)11(3)19(4)18-14/h5-8,10H,1-4H3,(H,17,20)/t10-/m1/s1. The molecule has 0 bridgehead atoms. The van der Waals surface area contributed by atoms with E-state index in [1.165, 1.54) is 5.56 Å². The Morgan fingerprint density at radius 3 is 2.40 bits per heavy atom. The molecule has 0 spiro atoms. The lowest BCUT2D eigenvalue weighted by Gasteiger charge is -2.13. The summed E-state index contributed by atoms with van der Waals surface area (Å²) in [6.45, 7) is 5.92. The lowest BCUT2D eigenvalue weighted by Crippen LogP contribution is -2.27. The summed E-state index contributed by atoms with van der Waals surface area (Å²) in [5, 5.41) is 7.20. The Morgan fingerprint density at radius 2 is 1.90 bits per heavy atom. The Morgan fingerprint density at radius 1 is 1.30 bits per heavy atom. The quantitative estimate of drug-likeness (QED) is 0.935. The number of nitrogens with zero attached hydrogens (tertiary/aromatic N) is 2. The van der Waals surface area contributed by atoms with Crippen LogP contribution in [0.4, 0.5) is 0 Å². The number of carbonyl (C=O) groups excluding carboxylic acids is 1. The number of aryl methyl sites for hydroxylation is 2. The monoisotopic (exact) mass is 335 g/mol. The molecule has 1 aromatic carbocycles. The van der Waals surface area contributed by atoms with E-state index in [9.17, 15) is 4.79 Å². The summed E-state index contributed by atoms with van der Waals surface area (Å²) in [6.07, 6.45) is 0. The van der Waals surface area contributed by atoms with Crippen LogP contribution in [0, 0.1) is 13.8 Å². The summed E-state index contributed by atoms with van der Waals surface area (Å²) in [5.41, 5.74) is 3.63. The Kier molecular flexibility index (Phi) is 4.28. The van der Waals surface area contributed by atoms with Crippen molar-refractivity contribution in [2.75, 3.05) is 0 Å². The van der Waals surface area contributed by atoms with E-state index >= 15 is 0 Å². The van der Waals surface area contributed by atoms with Crippen molar-refractivity contribution in [3.8, 4) is 0 Å². The van der Waals surface area contributed by atoms with Gasteiger partial charge in [-0.25, -0.2) is 0 Å². The number of aromatic nitrogens is 2. The molecule has 2 aromatic rings. The molecule has 0 fully saturated rings. The highest BCUT2D eigenvalue weighted by atomic mass is 79.9. The third-order valence-corrected chi connectivity index (χ3v) is 4.35. The zero-order chi connectivity index (χ0) is 14.9. The van der Waals surface area contributed by atoms with Crippen LogP contribution in [0.3, 0.4) is 0 Å². The van der Waals surface area contributed by atoms with Gasteiger partial charge in [0.05, 0.1) is 16.2 Å². The maximum Gasteiger partial charge on any atom is 0.273 e. The van der Waals surface area contributed by atoms with Gasteiger partial charge < -0.3 is 5.32 Å². The molecule has 0 radical (unpaired) electrons. The molecule has 106 valence electrons. The highest BCUT2D eigenvalue weighted by Gasteiger charge is 2.19. The Labute approximate surface area is 127 Å². The van der Waals surface area contributed by atoms with Crippen LogP contribution in [0.5, 0.6) is 0 Å². The molecule has 1 heterocycles. The average Bonchev–Trinajstić information content (AvgIpc) is 2.67. The number of amides is 1. The Bertz CT molecular complexity index is 631. The molecular weight excluding hydrogens is 318 g/mol. The van der Waals surface area contributed by atoms with Gasteiger partial charge in [-0.3, -0.25) is 9.48 Å². The molecule has 0 saturated heterocycles. The molecule has 0 unspecified atom stereocenters. The van der Waals surface area contributed by atoms with Crippen molar-refractivity contribution in [2.24, 2.45) is 7.05 Å². The minimum atomic E-state index is -0.173. The number of hydrogen-bond acceptors (Lipinski definition) is 2. The second-order valence-corrected chi connectivity index (χ2v) is 5.77. The van der Waals surface area contributed by atoms with E-state index in [0.717, 1.165) is 15.7 Å². The molecule has 20 heavy (non-hydrogen) atoms. The van der Waals surface area contributed by atoms with Crippen molar-refractivity contribution in [2.45, 2.75) is 26.8 Å². The second kappa shape index (κ2) is 5.79. The minimum absolute atomic E-state index is 0.0580. The third-order valence-electron chi connectivity index (χ3n) is 3.40. The smallest absolute Gasteiger partial charge is 0.273 e. The third kappa shape index (κ3) is 2.93. The van der Waals surface area contributed by atoms with Crippen LogP contribution in [0.15, 0.2) is 28.7 Å². The fourth-order valence-electron chi connectivity index (χ4n) is 1.93. The number of carbonyl (C=O) groups is 1. The summed E-state index contributed by atoms with van der Waals surface area (Å²) in [5.74, 6) is -0.173. The summed E-state index contributed by atoms with van der Waals surface area (Å²) in [4.78, 5) is 12.3. The molecule has 0 aliphatic heterocycles. The Balaban J connectivity index is 2.15. The van der Waals surface area contributed by atoms with Crippen LogP contribution in [-0.2, 0) is 7.05 Å². The molecule has 0 saturated carbocycles. The predicted octanol–water partition coefficient (Wildman–Crippen LogP) is 3.29. The van der Waals surface area contributed by atoms with E-state index in [4.69, 9.17) is 0 Å². The summed E-state index contributed by atoms with van der Waals surface area (Å²) < 4.78 is 2.43. The van der Waals surface area contributed by atoms with Gasteiger partial charge in [0.2, 0.25) is 0 Å². The Hall–Kier alpha value is -1.62. The molecule has 1 aromatic heterocycles. The number of benzene rings is 1. The maximum absolute atomic E-state index is 12.3. The van der Waals surface area contributed by atoms with Gasteiger partial charge in [0, 0.05) is 7.05 Å². The first-order chi connectivity index (χ1) is 9.40. The highest BCUT2D eigenvalue weighted by molar-refractivity contribution is 9.10. The van der Waals surface area contributed by atoms with Gasteiger partial charge in [-0.2, -0.15) is 5.10 Å². The number of hydrogen-bond donors (Lipinski definition) is 1. The fraction of sp³-hybridized carbons (Fsp3) is 0.333. The van der Waals surface area contributed by atoms with E-state index < -0.39 is 0 Å². The molecule has 1 amide bonds. The fourth-order valence-corrected chi connectivity index (χ4v) is 2.45. The summed E-state index contributed by atoms with van der Waals surface area (Å²) in [6, 6.07) is 8.08. The first kappa shape index (κ1) is 14.8. The normalized spacial score (nSPS) is 12.2. The average molecular weight is 336 g/mol. The van der Waals surface area contributed by atoms with Crippen molar-refractivity contribution in [3.05, 3.63) is 51.3 Å². The largest absolute Gasteiger partial charge is 0.344 e. The number of nitrogens with one attached hydrogen (secondary N) is 1. The van der Waals surface area contributed by atoms with E-state index in [1.54, 1.807) is 4.68 Å². The SMILES string of the molecule is Cc1ccc([C@@H](C)NC(=O)c2nn(C)c(C)c2Br)cc1. The van der Waals surface area contributed by atoms with Crippen LogP contribution >= 0.6 is 15.9 Å². The van der Waals surface area contributed by atoms with Gasteiger partial charge in [-0.15, -0.1) is 0 Å². The molecule has 4 nitrogen and oxygen atoms in total. The molecule has 5 heteroatoms. The van der Waals surface area contributed by atoms with E-state index in [-0.39, 0.29) is 11.9 Å². The topological polar surface area (TPSA) is 46.9 Å². The lowest BCUT2D eigenvalue weighted by atomic mass is 10.1. The molecule has 0 aliphatic rings. The number of rotatable bonds is 3. The van der Waals surface area contributed by atoms with Crippen LogP contribution in [0.1, 0.15) is 40.3 Å². The lowest BCUT2D eigenvalue weighted by molar-refractivity contribution is 0.0933. The van der Waals surface area contributed by atoms with Crippen LogP contribution in [-0.4, -0.2) is 15.7 Å². The van der Waals surface area contributed by atoms with Gasteiger partial charge in [0.1, 0.15) is 0 Å². The van der Waals surface area contributed by atoms with Crippen LogP contribution in [0.25, 0.3) is 0 Å². The van der Waals surface area contributed by atoms with E-state index in [2.05, 4.69) is 26.3 Å². The van der Waals surface area contributed by atoms with Crippen molar-refractivity contribution in [3.63, 3.8) is 0 Å². The zero-order valence-corrected chi connectivity index (χ0v) is 13.7. The summed E-state index contributed by atoms with van der Waals surface area (Å²) in [7, 11) is 1.82. The zero-order valence-electron chi connectivity index (χ0n) is 12.1. The van der Waals surface area contributed by atoms with Crippen molar-refractivity contribution in [1.29, 1.82) is 0 Å². The van der Waals surface area contributed by atoms with E-state index in [0.29, 0.717) is 5.69 Å². The molecule has 1 N–H and O–H groups in total. The molecule has 1 atom stereocenters. The van der Waals surface area contributed by atoms with Crippen LogP contribution < -0.4 is 5.32 Å². The van der Waals surface area contributed by atoms with Crippen molar-refractivity contribution >= 4 is 21.8 Å². The highest BCUT2D eigenvalue weighted by Crippen LogP contribution is 2.21. The van der Waals surface area contributed by atoms with Gasteiger partial charge >= 0.3 is 0 Å². The second-order valence-electron chi connectivity index (χ2n) is 4.98. The van der Waals surface area contributed by atoms with Gasteiger partial charge in [-0.1, -0.05) is 29.8 Å². The first-order valence-corrected chi connectivity index (χ1v) is 7.26. The van der Waals surface area contributed by atoms with Crippen LogP contribution in [0.2, 0.25) is 0 Å². The van der Waals surface area contributed by atoms with Gasteiger partial charge in [-0.05, 0) is 42.3 Å². The van der Waals surface area contributed by atoms with Crippen molar-refractivity contribution in [1.82, 2.24) is 15.1 Å². The molecular formula is C15H18BrN3O. The predicted molar refractivity (Wildman–Crippen MR) is 82.7 cm³/mol. The van der Waals surface area contributed by atoms with Gasteiger partial charge in [0.15, 0.2) is 5.69 Å². The summed E-state index contributed by atoms with van der Waals surface area (Å²) >= 11 is 3.41. The first-order valence-electron chi connectivity index (χ1n) is 6.46. The molecule has 0 aliphatic carbocycles. The van der Waals surface area contributed by atoms with Gasteiger partial charge in [0.25, 0.3) is 5.91 Å².